The molecule has 0 aliphatic rings. The number of sulfonamides is 1. The van der Waals surface area contributed by atoms with Gasteiger partial charge in [0.15, 0.2) is 0 Å². The Morgan fingerprint density at radius 3 is 2.32 bits per heavy atom. The molecule has 0 aliphatic carbocycles. The number of likely N-dealkylation sites (N-methyl/N-ethyl adjacent to an activating group) is 1. The van der Waals surface area contributed by atoms with Crippen molar-refractivity contribution < 1.29 is 22.4 Å². The van der Waals surface area contributed by atoms with Crippen molar-refractivity contribution in [3.63, 3.8) is 0 Å². The fourth-order valence-electron chi connectivity index (χ4n) is 3.35. The molecule has 0 saturated heterocycles. The van der Waals surface area contributed by atoms with Gasteiger partial charge in [0, 0.05) is 36.1 Å². The van der Waals surface area contributed by atoms with Crippen molar-refractivity contribution in [3.8, 4) is 0 Å². The van der Waals surface area contributed by atoms with Gasteiger partial charge in [0.25, 0.3) is 0 Å². The summed E-state index contributed by atoms with van der Waals surface area (Å²) in [7, 11) is -3.65. The van der Waals surface area contributed by atoms with Gasteiger partial charge in [-0.05, 0) is 62.2 Å². The van der Waals surface area contributed by atoms with E-state index in [1.807, 2.05) is 0 Å². The zero-order valence-corrected chi connectivity index (χ0v) is 21.6. The van der Waals surface area contributed by atoms with E-state index in [9.17, 15) is 22.4 Å². The van der Waals surface area contributed by atoms with E-state index in [0.29, 0.717) is 27.8 Å². The van der Waals surface area contributed by atoms with E-state index in [4.69, 9.17) is 23.2 Å². The highest BCUT2D eigenvalue weighted by Crippen LogP contribution is 2.24. The molecule has 2 amide bonds. The standard InChI is InChI=1S/C23H28Cl2FN3O4S/c1-4-27-23(31)16(2)28(15-17-7-8-18(24)14-21(17)25)22(30)6-5-13-29(34(3,32)33)20-11-9-19(26)10-12-20/h7-12,14,16H,4-6,13,15H2,1-3H3,(H,27,31)/t16-/m1/s1. The molecule has 1 atom stereocenters. The van der Waals surface area contributed by atoms with E-state index in [0.717, 1.165) is 10.6 Å². The first-order valence-electron chi connectivity index (χ1n) is 10.7. The van der Waals surface area contributed by atoms with Crippen LogP contribution in [0.25, 0.3) is 0 Å². The van der Waals surface area contributed by atoms with E-state index in [-0.39, 0.29) is 37.7 Å². The lowest BCUT2D eigenvalue weighted by atomic mass is 10.1. The number of hydrogen-bond acceptors (Lipinski definition) is 4. The van der Waals surface area contributed by atoms with Crippen molar-refractivity contribution in [2.45, 2.75) is 39.3 Å². The van der Waals surface area contributed by atoms with Gasteiger partial charge in [0.2, 0.25) is 21.8 Å². The number of hydrogen-bond donors (Lipinski definition) is 1. The van der Waals surface area contributed by atoms with Gasteiger partial charge in [0.1, 0.15) is 11.9 Å². The van der Waals surface area contributed by atoms with Gasteiger partial charge in [-0.15, -0.1) is 0 Å². The maximum Gasteiger partial charge on any atom is 0.242 e. The van der Waals surface area contributed by atoms with Crippen LogP contribution in [0, 0.1) is 5.82 Å². The number of nitrogens with zero attached hydrogens (tertiary/aromatic N) is 2. The van der Waals surface area contributed by atoms with Gasteiger partial charge in [-0.1, -0.05) is 29.3 Å². The quantitative estimate of drug-likeness (QED) is 0.469. The van der Waals surface area contributed by atoms with Gasteiger partial charge in [-0.3, -0.25) is 13.9 Å². The van der Waals surface area contributed by atoms with Crippen LogP contribution in [0.4, 0.5) is 10.1 Å². The Morgan fingerprint density at radius 1 is 1.12 bits per heavy atom. The number of benzene rings is 2. The lowest BCUT2D eigenvalue weighted by Gasteiger charge is -2.29. The van der Waals surface area contributed by atoms with Crippen LogP contribution < -0.4 is 9.62 Å². The SMILES string of the molecule is CCNC(=O)[C@@H](C)N(Cc1ccc(Cl)cc1Cl)C(=O)CCCN(c1ccc(F)cc1)S(C)(=O)=O. The Kier molecular flexibility index (Phi) is 10.1. The Balaban J connectivity index is 2.18. The van der Waals surface area contributed by atoms with Gasteiger partial charge in [-0.25, -0.2) is 12.8 Å². The van der Waals surface area contributed by atoms with E-state index in [1.165, 1.54) is 29.2 Å². The third kappa shape index (κ3) is 7.85. The summed E-state index contributed by atoms with van der Waals surface area (Å²) >= 11 is 12.2. The van der Waals surface area contributed by atoms with Crippen LogP contribution in [-0.2, 0) is 26.2 Å². The molecule has 0 spiro atoms. The van der Waals surface area contributed by atoms with E-state index in [1.54, 1.807) is 32.0 Å². The topological polar surface area (TPSA) is 86.8 Å². The molecule has 7 nitrogen and oxygen atoms in total. The van der Waals surface area contributed by atoms with Crippen molar-refractivity contribution in [1.29, 1.82) is 0 Å². The lowest BCUT2D eigenvalue weighted by Crippen LogP contribution is -2.47. The third-order valence-corrected chi connectivity index (χ3v) is 6.92. The minimum Gasteiger partial charge on any atom is -0.355 e. The van der Waals surface area contributed by atoms with E-state index >= 15 is 0 Å². The highest BCUT2D eigenvalue weighted by atomic mass is 35.5. The molecule has 186 valence electrons. The van der Waals surface area contributed by atoms with Crippen molar-refractivity contribution in [1.82, 2.24) is 10.2 Å². The fraction of sp³-hybridized carbons (Fsp3) is 0.391. The summed E-state index contributed by atoms with van der Waals surface area (Å²) in [6.45, 7) is 3.91. The van der Waals surface area contributed by atoms with Crippen molar-refractivity contribution in [2.75, 3.05) is 23.7 Å². The Morgan fingerprint density at radius 2 is 1.76 bits per heavy atom. The second-order valence-corrected chi connectivity index (χ2v) is 10.5. The van der Waals surface area contributed by atoms with Crippen LogP contribution in [0.5, 0.6) is 0 Å². The minimum atomic E-state index is -3.65. The third-order valence-electron chi connectivity index (χ3n) is 5.14. The number of nitrogens with one attached hydrogen (secondary N) is 1. The summed E-state index contributed by atoms with van der Waals surface area (Å²) in [6.07, 6.45) is 1.22. The monoisotopic (exact) mass is 531 g/mol. The minimum absolute atomic E-state index is 0.0117. The number of amides is 2. The predicted octanol–water partition coefficient (Wildman–Crippen LogP) is 4.23. The van der Waals surface area contributed by atoms with E-state index < -0.39 is 21.9 Å². The van der Waals surface area contributed by atoms with Crippen molar-refractivity contribution in [3.05, 3.63) is 63.9 Å². The number of rotatable bonds is 11. The fourth-order valence-corrected chi connectivity index (χ4v) is 4.78. The molecular weight excluding hydrogens is 504 g/mol. The molecule has 0 bridgehead atoms. The summed E-state index contributed by atoms with van der Waals surface area (Å²) < 4.78 is 38.9. The average molecular weight is 532 g/mol. The van der Waals surface area contributed by atoms with E-state index in [2.05, 4.69) is 5.32 Å². The summed E-state index contributed by atoms with van der Waals surface area (Å²) in [5.74, 6) is -1.13. The van der Waals surface area contributed by atoms with Crippen LogP contribution in [-0.4, -0.2) is 50.5 Å². The summed E-state index contributed by atoms with van der Waals surface area (Å²) in [5, 5.41) is 3.52. The highest BCUT2D eigenvalue weighted by Gasteiger charge is 2.27. The zero-order valence-electron chi connectivity index (χ0n) is 19.2. The largest absolute Gasteiger partial charge is 0.355 e. The van der Waals surface area contributed by atoms with Gasteiger partial charge in [-0.2, -0.15) is 0 Å². The summed E-state index contributed by atoms with van der Waals surface area (Å²) in [4.78, 5) is 27.0. The first kappa shape index (κ1) is 27.9. The number of carbonyl (C=O) groups is 2. The maximum atomic E-state index is 13.3. The molecule has 2 aromatic carbocycles. The second-order valence-electron chi connectivity index (χ2n) is 7.74. The number of halogens is 3. The van der Waals surface area contributed by atoms with Gasteiger partial charge >= 0.3 is 0 Å². The molecule has 0 aliphatic heterocycles. The Labute approximate surface area is 209 Å². The first-order chi connectivity index (χ1) is 15.9. The van der Waals surface area contributed by atoms with Crippen molar-refractivity contribution in [2.24, 2.45) is 0 Å². The van der Waals surface area contributed by atoms with Crippen LogP contribution in [0.1, 0.15) is 32.3 Å². The number of anilines is 1. The van der Waals surface area contributed by atoms with Gasteiger partial charge in [0.05, 0.1) is 11.9 Å². The molecule has 2 rings (SSSR count). The van der Waals surface area contributed by atoms with Crippen LogP contribution in [0.2, 0.25) is 10.0 Å². The molecular formula is C23H28Cl2FN3O4S. The number of carbonyl (C=O) groups excluding carboxylic acids is 2. The molecule has 0 fully saturated rings. The average Bonchev–Trinajstić information content (AvgIpc) is 2.76. The maximum absolute atomic E-state index is 13.3. The molecule has 34 heavy (non-hydrogen) atoms. The van der Waals surface area contributed by atoms with Crippen LogP contribution >= 0.6 is 23.2 Å². The summed E-state index contributed by atoms with van der Waals surface area (Å²) in [5.41, 5.74) is 0.927. The molecule has 0 saturated carbocycles. The Hall–Kier alpha value is -2.36. The normalized spacial score (nSPS) is 12.2. The summed E-state index contributed by atoms with van der Waals surface area (Å²) in [6, 6.07) is 9.19. The van der Waals surface area contributed by atoms with Crippen LogP contribution in [0.3, 0.4) is 0 Å². The molecule has 0 aromatic heterocycles. The molecule has 1 N–H and O–H groups in total. The lowest BCUT2D eigenvalue weighted by molar-refractivity contribution is -0.140. The van der Waals surface area contributed by atoms with Gasteiger partial charge < -0.3 is 10.2 Å². The molecule has 11 heteroatoms. The van der Waals surface area contributed by atoms with Crippen LogP contribution in [0.15, 0.2) is 42.5 Å². The predicted molar refractivity (Wildman–Crippen MR) is 133 cm³/mol. The smallest absolute Gasteiger partial charge is 0.242 e. The van der Waals surface area contributed by atoms with Crippen molar-refractivity contribution >= 4 is 50.7 Å². The first-order valence-corrected chi connectivity index (χ1v) is 13.3. The Bertz CT molecular complexity index is 1110. The molecule has 0 unspecified atom stereocenters. The molecule has 0 radical (unpaired) electrons. The second kappa shape index (κ2) is 12.4. The zero-order chi connectivity index (χ0) is 25.5. The molecule has 2 aromatic rings. The molecule has 0 heterocycles. The highest BCUT2D eigenvalue weighted by molar-refractivity contribution is 7.92.